The molecule has 1 aromatic rings. The smallest absolute Gasteiger partial charge is 0.251 e. The van der Waals surface area contributed by atoms with Gasteiger partial charge in [0.25, 0.3) is 5.91 Å². The van der Waals surface area contributed by atoms with E-state index in [2.05, 4.69) is 33.1 Å². The van der Waals surface area contributed by atoms with Gasteiger partial charge in [-0.05, 0) is 59.9 Å². The zero-order chi connectivity index (χ0) is 15.2. The molecule has 0 bridgehead atoms. The molecule has 0 radical (unpaired) electrons. The third-order valence-corrected chi connectivity index (χ3v) is 4.50. The van der Waals surface area contributed by atoms with Gasteiger partial charge in [0, 0.05) is 24.7 Å². The molecule has 0 atom stereocenters. The van der Waals surface area contributed by atoms with Crippen LogP contribution >= 0.6 is 15.9 Å². The number of hydrogen-bond acceptors (Lipinski definition) is 3. The summed E-state index contributed by atoms with van der Waals surface area (Å²) >= 11 is 3.41. The van der Waals surface area contributed by atoms with Gasteiger partial charge in [0.1, 0.15) is 5.75 Å². The topological polar surface area (TPSA) is 41.6 Å². The van der Waals surface area contributed by atoms with Crippen LogP contribution in [-0.4, -0.2) is 43.6 Å². The maximum atomic E-state index is 12.3. The average molecular weight is 355 g/mol. The summed E-state index contributed by atoms with van der Waals surface area (Å²) in [4.78, 5) is 14.8. The standard InChI is InChI=1S/C16H23BrN2O2/c1-3-8-19-9-6-13(7-10-19)18-16(20)12-4-5-15(21-2)14(17)11-12/h4-5,11,13H,3,6-10H2,1-2H3,(H,18,20). The zero-order valence-corrected chi connectivity index (χ0v) is 14.3. The van der Waals surface area contributed by atoms with Gasteiger partial charge in [0.2, 0.25) is 0 Å². The molecule has 5 heteroatoms. The maximum Gasteiger partial charge on any atom is 0.251 e. The van der Waals surface area contributed by atoms with Crippen molar-refractivity contribution in [3.05, 3.63) is 28.2 Å². The van der Waals surface area contributed by atoms with Crippen molar-refractivity contribution >= 4 is 21.8 Å². The third kappa shape index (κ3) is 4.45. The molecule has 1 N–H and O–H groups in total. The molecular formula is C16H23BrN2O2. The fraction of sp³-hybridized carbons (Fsp3) is 0.562. The number of nitrogens with zero attached hydrogens (tertiary/aromatic N) is 1. The molecule has 0 aliphatic carbocycles. The Bertz CT molecular complexity index is 485. The Kier molecular flexibility index (Phi) is 6.06. The van der Waals surface area contributed by atoms with E-state index in [1.54, 1.807) is 19.2 Å². The molecule has 1 amide bonds. The van der Waals surface area contributed by atoms with E-state index in [4.69, 9.17) is 4.74 Å². The molecular weight excluding hydrogens is 332 g/mol. The van der Waals surface area contributed by atoms with Crippen molar-refractivity contribution in [2.75, 3.05) is 26.7 Å². The van der Waals surface area contributed by atoms with E-state index in [9.17, 15) is 4.79 Å². The average Bonchev–Trinajstić information content (AvgIpc) is 2.49. The second kappa shape index (κ2) is 7.80. The van der Waals surface area contributed by atoms with Crippen LogP contribution in [-0.2, 0) is 0 Å². The van der Waals surface area contributed by atoms with E-state index < -0.39 is 0 Å². The Morgan fingerprint density at radius 3 is 2.71 bits per heavy atom. The molecule has 116 valence electrons. The molecule has 1 fully saturated rings. The number of ether oxygens (including phenoxy) is 1. The molecule has 1 saturated heterocycles. The van der Waals surface area contributed by atoms with Crippen LogP contribution < -0.4 is 10.1 Å². The van der Waals surface area contributed by atoms with Crippen LogP contribution in [0.1, 0.15) is 36.5 Å². The van der Waals surface area contributed by atoms with Crippen molar-refractivity contribution in [2.24, 2.45) is 0 Å². The van der Waals surface area contributed by atoms with Gasteiger partial charge in [-0.3, -0.25) is 4.79 Å². The molecule has 0 unspecified atom stereocenters. The number of rotatable bonds is 5. The summed E-state index contributed by atoms with van der Waals surface area (Å²) in [5.41, 5.74) is 0.665. The molecule has 1 heterocycles. The van der Waals surface area contributed by atoms with E-state index in [0.717, 1.165) is 42.7 Å². The van der Waals surface area contributed by atoms with Gasteiger partial charge in [-0.1, -0.05) is 6.92 Å². The molecule has 1 aliphatic heterocycles. The highest BCUT2D eigenvalue weighted by Gasteiger charge is 2.20. The van der Waals surface area contributed by atoms with Crippen LogP contribution in [0.2, 0.25) is 0 Å². The van der Waals surface area contributed by atoms with Crippen LogP contribution in [0.3, 0.4) is 0 Å². The third-order valence-electron chi connectivity index (χ3n) is 3.88. The Balaban J connectivity index is 1.89. The molecule has 4 nitrogen and oxygen atoms in total. The summed E-state index contributed by atoms with van der Waals surface area (Å²) in [6.45, 7) is 5.51. The SMILES string of the molecule is CCCN1CCC(NC(=O)c2ccc(OC)c(Br)c2)CC1. The lowest BCUT2D eigenvalue weighted by atomic mass is 10.0. The van der Waals surface area contributed by atoms with Crippen molar-refractivity contribution in [2.45, 2.75) is 32.2 Å². The van der Waals surface area contributed by atoms with Crippen molar-refractivity contribution < 1.29 is 9.53 Å². The van der Waals surface area contributed by atoms with Crippen LogP contribution in [0.4, 0.5) is 0 Å². The monoisotopic (exact) mass is 354 g/mol. The van der Waals surface area contributed by atoms with Crippen LogP contribution in [0.5, 0.6) is 5.75 Å². The predicted octanol–water partition coefficient (Wildman–Crippen LogP) is 3.06. The van der Waals surface area contributed by atoms with Gasteiger partial charge in [-0.25, -0.2) is 0 Å². The number of methoxy groups -OCH3 is 1. The van der Waals surface area contributed by atoms with Gasteiger partial charge in [-0.2, -0.15) is 0 Å². The fourth-order valence-corrected chi connectivity index (χ4v) is 3.23. The number of carbonyl (C=O) groups is 1. The highest BCUT2D eigenvalue weighted by Crippen LogP contribution is 2.25. The Morgan fingerprint density at radius 1 is 1.43 bits per heavy atom. The lowest BCUT2D eigenvalue weighted by Crippen LogP contribution is -2.44. The van der Waals surface area contributed by atoms with Gasteiger partial charge < -0.3 is 15.0 Å². The van der Waals surface area contributed by atoms with E-state index in [1.807, 2.05) is 6.07 Å². The minimum absolute atomic E-state index is 0.00713. The number of halogens is 1. The van der Waals surface area contributed by atoms with E-state index in [1.165, 1.54) is 6.42 Å². The molecule has 0 saturated carbocycles. The summed E-state index contributed by atoms with van der Waals surface area (Å²) in [6.07, 6.45) is 3.25. The quantitative estimate of drug-likeness (QED) is 0.883. The zero-order valence-electron chi connectivity index (χ0n) is 12.7. The second-order valence-electron chi connectivity index (χ2n) is 5.44. The maximum absolute atomic E-state index is 12.3. The van der Waals surface area contributed by atoms with Gasteiger partial charge in [0.05, 0.1) is 11.6 Å². The number of benzene rings is 1. The molecule has 2 rings (SSSR count). The molecule has 1 aliphatic rings. The molecule has 1 aromatic carbocycles. The lowest BCUT2D eigenvalue weighted by Gasteiger charge is -2.32. The van der Waals surface area contributed by atoms with E-state index >= 15 is 0 Å². The number of nitrogens with one attached hydrogen (secondary N) is 1. The first-order valence-corrected chi connectivity index (χ1v) is 8.30. The number of likely N-dealkylation sites (tertiary alicyclic amines) is 1. The Hall–Kier alpha value is -1.07. The van der Waals surface area contributed by atoms with Crippen molar-refractivity contribution in [1.29, 1.82) is 0 Å². The first-order valence-electron chi connectivity index (χ1n) is 7.50. The molecule has 0 spiro atoms. The normalized spacial score (nSPS) is 16.7. The van der Waals surface area contributed by atoms with Crippen molar-refractivity contribution in [1.82, 2.24) is 10.2 Å². The predicted molar refractivity (Wildman–Crippen MR) is 87.9 cm³/mol. The number of hydrogen-bond donors (Lipinski definition) is 1. The largest absolute Gasteiger partial charge is 0.496 e. The Morgan fingerprint density at radius 2 is 2.14 bits per heavy atom. The number of amides is 1. The summed E-state index contributed by atoms with van der Waals surface area (Å²) < 4.78 is 5.98. The van der Waals surface area contributed by atoms with E-state index in [0.29, 0.717) is 5.56 Å². The van der Waals surface area contributed by atoms with Crippen molar-refractivity contribution in [3.63, 3.8) is 0 Å². The first-order chi connectivity index (χ1) is 10.1. The Labute approximate surface area is 135 Å². The van der Waals surface area contributed by atoms with Crippen molar-refractivity contribution in [3.8, 4) is 5.75 Å². The fourth-order valence-electron chi connectivity index (χ4n) is 2.69. The van der Waals surface area contributed by atoms with Crippen LogP contribution in [0.15, 0.2) is 22.7 Å². The highest BCUT2D eigenvalue weighted by molar-refractivity contribution is 9.10. The summed E-state index contributed by atoms with van der Waals surface area (Å²) in [5, 5.41) is 3.14. The van der Waals surface area contributed by atoms with Crippen LogP contribution in [0, 0.1) is 0 Å². The summed E-state index contributed by atoms with van der Waals surface area (Å²) in [5.74, 6) is 0.728. The van der Waals surface area contributed by atoms with Gasteiger partial charge in [-0.15, -0.1) is 0 Å². The molecule has 0 aromatic heterocycles. The number of carbonyl (C=O) groups excluding carboxylic acids is 1. The first kappa shape index (κ1) is 16.3. The van der Waals surface area contributed by atoms with Gasteiger partial charge in [0.15, 0.2) is 0 Å². The summed E-state index contributed by atoms with van der Waals surface area (Å²) in [6, 6.07) is 5.69. The highest BCUT2D eigenvalue weighted by atomic mass is 79.9. The van der Waals surface area contributed by atoms with Gasteiger partial charge >= 0.3 is 0 Å². The van der Waals surface area contributed by atoms with E-state index in [-0.39, 0.29) is 11.9 Å². The summed E-state index contributed by atoms with van der Waals surface area (Å²) in [7, 11) is 1.61. The van der Waals surface area contributed by atoms with Crippen LogP contribution in [0.25, 0.3) is 0 Å². The lowest BCUT2D eigenvalue weighted by molar-refractivity contribution is 0.0911. The number of piperidine rings is 1. The molecule has 21 heavy (non-hydrogen) atoms. The minimum Gasteiger partial charge on any atom is -0.496 e. The second-order valence-corrected chi connectivity index (χ2v) is 6.29. The minimum atomic E-state index is -0.00713.